The Morgan fingerprint density at radius 3 is 1.49 bits per heavy atom. The second-order valence-electron chi connectivity index (χ2n) is 26.3. The number of benzene rings is 1. The van der Waals surface area contributed by atoms with Gasteiger partial charge in [-0.2, -0.15) is 0 Å². The number of carbonyl (C=O) groups excluding carboxylic acids is 11. The second-order valence-corrected chi connectivity index (χ2v) is 26.3. The predicted octanol–water partition coefficient (Wildman–Crippen LogP) is 3.17. The van der Waals surface area contributed by atoms with Gasteiger partial charge in [-0.25, -0.2) is 0 Å². The average molecular weight is 1250 g/mol. The molecule has 24 heteroatoms. The smallest absolute Gasteiger partial charge is 0.246 e. The number of hydrogen-bond donors (Lipinski definition) is 6. The van der Waals surface area contributed by atoms with E-state index in [1.165, 1.54) is 90.0 Å². The molecule has 0 unspecified atom stereocenters. The summed E-state index contributed by atoms with van der Waals surface area (Å²) in [5, 5.41) is 33.3. The molecule has 6 N–H and O–H groups in total. The number of aliphatic hydroxyl groups is 1. The normalized spacial score (nSPS) is 26.1. The fourth-order valence-corrected chi connectivity index (χ4v) is 11.0. The highest BCUT2D eigenvalue weighted by atomic mass is 16.3. The maximum atomic E-state index is 15.2. The van der Waals surface area contributed by atoms with Crippen molar-refractivity contribution in [2.45, 2.75) is 209 Å². The van der Waals surface area contributed by atoms with Gasteiger partial charge in [-0.1, -0.05) is 107 Å². The highest BCUT2D eigenvalue weighted by molar-refractivity contribution is 5.99. The van der Waals surface area contributed by atoms with Gasteiger partial charge in [0.05, 0.1) is 12.6 Å². The van der Waals surface area contributed by atoms with Crippen LogP contribution in [0.1, 0.15) is 142 Å². The monoisotopic (exact) mass is 1250 g/mol. The van der Waals surface area contributed by atoms with Crippen LogP contribution in [-0.4, -0.2) is 232 Å². The minimum atomic E-state index is -1.64. The number of likely N-dealkylation sites (N-methyl/N-ethyl adjacent to an activating group) is 7. The molecule has 502 valence electrons. The van der Waals surface area contributed by atoms with E-state index in [2.05, 4.69) is 21.3 Å². The van der Waals surface area contributed by atoms with Crippen molar-refractivity contribution in [2.75, 3.05) is 55.9 Å². The Balaban J connectivity index is 3.01. The van der Waals surface area contributed by atoms with Crippen molar-refractivity contribution in [3.63, 3.8) is 0 Å². The third kappa shape index (κ3) is 21.5. The molecule has 2 rings (SSSR count). The molecule has 11 amide bonds. The van der Waals surface area contributed by atoms with Gasteiger partial charge in [-0.15, -0.1) is 0 Å². The summed E-state index contributed by atoms with van der Waals surface area (Å²) in [6, 6.07) is -6.89. The fraction of sp³-hybridized carbons (Fsp3) is 0.708. The first kappa shape index (κ1) is 78.0. The lowest BCUT2D eigenvalue weighted by atomic mass is 9.91. The summed E-state index contributed by atoms with van der Waals surface area (Å²) >= 11 is 0. The van der Waals surface area contributed by atoms with Crippen LogP contribution in [0.3, 0.4) is 0 Å². The molecule has 1 aromatic rings. The summed E-state index contributed by atoms with van der Waals surface area (Å²) in [6.45, 7) is 25.4. The molecular formula is C65H109N11O13. The molecule has 0 radical (unpaired) electrons. The lowest BCUT2D eigenvalue weighted by Gasteiger charge is -2.41. The molecule has 1 fully saturated rings. The Morgan fingerprint density at radius 2 is 1.01 bits per heavy atom. The molecule has 89 heavy (non-hydrogen) atoms. The first-order chi connectivity index (χ1) is 41.3. The van der Waals surface area contributed by atoms with Gasteiger partial charge in [0.15, 0.2) is 0 Å². The van der Waals surface area contributed by atoms with Crippen molar-refractivity contribution in [1.82, 2.24) is 55.6 Å². The van der Waals surface area contributed by atoms with Gasteiger partial charge in [0.25, 0.3) is 0 Å². The van der Waals surface area contributed by atoms with Crippen LogP contribution in [0.2, 0.25) is 0 Å². The third-order valence-electron chi connectivity index (χ3n) is 16.8. The topological polar surface area (TPSA) is 299 Å². The van der Waals surface area contributed by atoms with Crippen LogP contribution in [0.15, 0.2) is 36.4 Å². The van der Waals surface area contributed by atoms with Crippen LogP contribution in [0.5, 0.6) is 5.75 Å². The SMILES string of the molecule is C/C=C/C[C@@H](C)[C@@H](O)[C@H]1C(=O)N[C@@H](CC)C(=O)N(C)CC(=O)N(C)[C@@H](Cc2ccc(O)cc2)C(=O)N[C@@H](C(C)C)C(=O)N(C)[C@@H](C)C(=O)N[C@@H](CC(C)C)C(=O)N[C@H](C)C(=O)N(C)[C@@H](CC(C)C)C(=O)N(C)[C@@H](CC(C)C)C(=O)N(C)[C@@H](C(C)C)C(=O)N1C. The molecule has 0 saturated carbocycles. The van der Waals surface area contributed by atoms with Gasteiger partial charge in [0.1, 0.15) is 66.2 Å². The molecule has 0 aromatic heterocycles. The Bertz CT molecular complexity index is 2630. The molecular weight excluding hydrogens is 1140 g/mol. The molecule has 1 aliphatic heterocycles. The Labute approximate surface area is 529 Å². The first-order valence-electron chi connectivity index (χ1n) is 31.4. The van der Waals surface area contributed by atoms with E-state index in [1.54, 1.807) is 72.8 Å². The highest BCUT2D eigenvalue weighted by Crippen LogP contribution is 2.26. The Morgan fingerprint density at radius 1 is 0.517 bits per heavy atom. The van der Waals surface area contributed by atoms with E-state index in [-0.39, 0.29) is 55.6 Å². The maximum Gasteiger partial charge on any atom is 0.246 e. The Kier molecular flexibility index (Phi) is 31.0. The zero-order valence-electron chi connectivity index (χ0n) is 57.2. The lowest BCUT2D eigenvalue weighted by Crippen LogP contribution is -2.63. The number of phenols is 1. The molecule has 24 nitrogen and oxygen atoms in total. The average Bonchev–Trinajstić information content (AvgIpc) is 1.48. The molecule has 0 aliphatic carbocycles. The van der Waals surface area contributed by atoms with Crippen LogP contribution in [0.4, 0.5) is 0 Å². The number of nitrogens with one attached hydrogen (secondary N) is 4. The van der Waals surface area contributed by atoms with Gasteiger partial charge in [0, 0.05) is 55.8 Å². The summed E-state index contributed by atoms with van der Waals surface area (Å²) < 4.78 is 0. The largest absolute Gasteiger partial charge is 0.508 e. The molecule has 0 spiro atoms. The number of phenolic OH excluding ortho intramolecular Hbond substituents is 1. The number of amides is 11. The molecule has 12 atom stereocenters. The number of aliphatic hydroxyl groups excluding tert-OH is 1. The Hall–Kier alpha value is -7.11. The van der Waals surface area contributed by atoms with E-state index >= 15 is 14.4 Å². The lowest BCUT2D eigenvalue weighted by molar-refractivity contribution is -0.157. The summed E-state index contributed by atoms with van der Waals surface area (Å²) in [6.07, 6.45) is 2.60. The van der Waals surface area contributed by atoms with E-state index in [0.29, 0.717) is 12.0 Å². The number of allylic oxidation sites excluding steroid dienone is 2. The summed E-state index contributed by atoms with van der Waals surface area (Å²) in [5.41, 5.74) is 0.520. The van der Waals surface area contributed by atoms with Crippen molar-refractivity contribution >= 4 is 65.0 Å². The van der Waals surface area contributed by atoms with Crippen LogP contribution >= 0.6 is 0 Å². The van der Waals surface area contributed by atoms with Gasteiger partial charge in [-0.3, -0.25) is 52.7 Å². The summed E-state index contributed by atoms with van der Waals surface area (Å²) in [7, 11) is 9.73. The minimum Gasteiger partial charge on any atom is -0.508 e. The molecule has 1 saturated heterocycles. The van der Waals surface area contributed by atoms with Crippen molar-refractivity contribution in [3.05, 3.63) is 42.0 Å². The van der Waals surface area contributed by atoms with E-state index < -0.39 is 156 Å². The van der Waals surface area contributed by atoms with Gasteiger partial charge >= 0.3 is 0 Å². The molecule has 1 heterocycles. The van der Waals surface area contributed by atoms with Crippen molar-refractivity contribution < 1.29 is 63.0 Å². The zero-order chi connectivity index (χ0) is 68.4. The van der Waals surface area contributed by atoms with Gasteiger partial charge in [0.2, 0.25) is 65.0 Å². The van der Waals surface area contributed by atoms with Gasteiger partial charge < -0.3 is 65.8 Å². The molecule has 0 bridgehead atoms. The van der Waals surface area contributed by atoms with Crippen molar-refractivity contribution in [3.8, 4) is 5.75 Å². The van der Waals surface area contributed by atoms with Crippen LogP contribution in [-0.2, 0) is 59.2 Å². The third-order valence-corrected chi connectivity index (χ3v) is 16.8. The van der Waals surface area contributed by atoms with E-state index in [0.717, 1.165) is 19.6 Å². The van der Waals surface area contributed by atoms with E-state index in [4.69, 9.17) is 0 Å². The minimum absolute atomic E-state index is 0.0113. The zero-order valence-corrected chi connectivity index (χ0v) is 57.2. The first-order valence-corrected chi connectivity index (χ1v) is 31.4. The van der Waals surface area contributed by atoms with E-state index in [9.17, 15) is 48.6 Å². The van der Waals surface area contributed by atoms with Crippen LogP contribution in [0, 0.1) is 35.5 Å². The number of hydrogen-bond acceptors (Lipinski definition) is 13. The number of rotatable bonds is 15. The van der Waals surface area contributed by atoms with E-state index in [1.807, 2.05) is 41.5 Å². The van der Waals surface area contributed by atoms with Crippen LogP contribution in [0.25, 0.3) is 0 Å². The summed E-state index contributed by atoms with van der Waals surface area (Å²) in [4.78, 5) is 169. The number of nitrogens with zero attached hydrogens (tertiary/aromatic N) is 7. The van der Waals surface area contributed by atoms with Crippen LogP contribution < -0.4 is 21.3 Å². The predicted molar refractivity (Wildman–Crippen MR) is 341 cm³/mol. The molecule has 1 aliphatic rings. The quantitative estimate of drug-likeness (QED) is 0.138. The maximum absolute atomic E-state index is 15.2. The van der Waals surface area contributed by atoms with Gasteiger partial charge in [-0.05, 0) is 106 Å². The fourth-order valence-electron chi connectivity index (χ4n) is 11.0. The number of carbonyl (C=O) groups is 11. The molecule has 1 aromatic carbocycles. The second kappa shape index (κ2) is 35.3. The van der Waals surface area contributed by atoms with Crippen molar-refractivity contribution in [1.29, 1.82) is 0 Å². The highest BCUT2D eigenvalue weighted by Gasteiger charge is 2.45. The summed E-state index contributed by atoms with van der Waals surface area (Å²) in [5.74, 6) is -10.2. The van der Waals surface area contributed by atoms with Crippen molar-refractivity contribution in [2.24, 2.45) is 35.5 Å². The standard InChI is InChI=1S/C65H109N11O13/c1-23-25-26-41(13)55(79)54-59(83)67-46(24-2)61(85)70(16)35-51(78)72(18)48(34-44-27-29-45(77)30-28-44)58(82)69-52(39(9)10)64(88)71(17)43(15)56(80)68-47(31-36(3)4)57(81)66-42(14)60(84)73(19)49(32-37(5)6)62(86)74(20)50(33-38(7)8)63(87)75(21)53(40(11)12)65(89)76(54)22/h23,25,27-30,36-43,46-50,52-55,77,79H,24,26,31-35H2,1-22H3,(H,66,81)(H,67,83)(H,68,80)(H,69,82)/b25-23+/t41-,42-,43+,46+,47+,48+,49+,50+,52+,53+,54+,55-/m1/s1. The number of aromatic hydroxyl groups is 1.